The topological polar surface area (TPSA) is 38.8 Å². The smallest absolute Gasteiger partial charge is 0.343 e. The van der Waals surface area contributed by atoms with Gasteiger partial charge in [0.15, 0.2) is 0 Å². The molecule has 0 unspecified atom stereocenters. The van der Waals surface area contributed by atoms with Gasteiger partial charge in [-0.3, -0.25) is 4.90 Å². The molecule has 2 heterocycles. The quantitative estimate of drug-likeness (QED) is 0.178. The van der Waals surface area contributed by atoms with Crippen molar-refractivity contribution in [3.8, 4) is 5.75 Å². The molecule has 32 heavy (non-hydrogen) atoms. The van der Waals surface area contributed by atoms with Crippen LogP contribution >= 0.6 is 15.9 Å². The zero-order chi connectivity index (χ0) is 23.2. The molecule has 178 valence electrons. The Hall–Kier alpha value is -1.33. The molecule has 1 aromatic carbocycles. The van der Waals surface area contributed by atoms with Crippen molar-refractivity contribution in [3.05, 3.63) is 40.4 Å². The number of halogens is 1. The molecular weight excluding hydrogens is 466 g/mol. The number of hydrogen-bond acceptors (Lipinski definition) is 4. The lowest BCUT2D eigenvalue weighted by molar-refractivity contribution is -0.0566. The average Bonchev–Trinajstić information content (AvgIpc) is 3.03. The minimum absolute atomic E-state index is 0.126. The number of rotatable bonds is 11. The van der Waals surface area contributed by atoms with Gasteiger partial charge in [-0.1, -0.05) is 54.1 Å². The molecule has 0 N–H and O–H groups in total. The zero-order valence-electron chi connectivity index (χ0n) is 20.2. The van der Waals surface area contributed by atoms with Gasteiger partial charge in [-0.2, -0.15) is 0 Å². The largest absolute Gasteiger partial charge is 0.493 e. The van der Waals surface area contributed by atoms with Crippen LogP contribution in [0.3, 0.4) is 0 Å². The van der Waals surface area contributed by atoms with E-state index in [1.54, 1.807) is 0 Å². The van der Waals surface area contributed by atoms with Crippen LogP contribution in [0.2, 0.25) is 0 Å². The summed E-state index contributed by atoms with van der Waals surface area (Å²) in [6.07, 6.45) is 13.3. The van der Waals surface area contributed by atoms with Gasteiger partial charge in [-0.15, -0.1) is 6.58 Å². The van der Waals surface area contributed by atoms with Crippen LogP contribution in [0.4, 0.5) is 0 Å². The van der Waals surface area contributed by atoms with E-state index in [0.29, 0.717) is 17.9 Å². The van der Waals surface area contributed by atoms with Gasteiger partial charge in [-0.05, 0) is 52.2 Å². The Balaban J connectivity index is 1.55. The third-order valence-corrected chi connectivity index (χ3v) is 7.55. The standard InChI is InChI=1S/C27H40BrNO3/c1-5-6-7-8-9-10-11-12-13-20-31-22-15-14-21(28)24-23(22)25(30)32-27(24)16-18-29(19-17-27)26(2,3)4/h5,14-15H,1,6-13,16-20H2,2-4H3. The Morgan fingerprint density at radius 3 is 2.34 bits per heavy atom. The lowest BCUT2D eigenvalue weighted by Gasteiger charge is -2.44. The number of ether oxygens (including phenoxy) is 2. The summed E-state index contributed by atoms with van der Waals surface area (Å²) in [5, 5.41) is 0. The van der Waals surface area contributed by atoms with E-state index in [2.05, 4.69) is 48.2 Å². The van der Waals surface area contributed by atoms with Crippen molar-refractivity contribution in [2.75, 3.05) is 19.7 Å². The molecule has 1 spiro atoms. The molecule has 0 saturated carbocycles. The first-order chi connectivity index (χ1) is 15.3. The highest BCUT2D eigenvalue weighted by Gasteiger charge is 2.50. The number of esters is 1. The number of unbranched alkanes of at least 4 members (excludes halogenated alkanes) is 7. The summed E-state index contributed by atoms with van der Waals surface area (Å²) in [6, 6.07) is 3.92. The minimum Gasteiger partial charge on any atom is -0.493 e. The Kier molecular flexibility index (Phi) is 8.85. The van der Waals surface area contributed by atoms with E-state index in [-0.39, 0.29) is 11.5 Å². The van der Waals surface area contributed by atoms with Crippen molar-refractivity contribution >= 4 is 21.9 Å². The van der Waals surface area contributed by atoms with E-state index >= 15 is 0 Å². The van der Waals surface area contributed by atoms with Crippen molar-refractivity contribution in [1.29, 1.82) is 0 Å². The number of likely N-dealkylation sites (tertiary alicyclic amines) is 1. The molecule has 0 aliphatic carbocycles. The van der Waals surface area contributed by atoms with Crippen LogP contribution in [-0.2, 0) is 10.3 Å². The van der Waals surface area contributed by atoms with E-state index in [0.717, 1.165) is 55.2 Å². The molecule has 0 aromatic heterocycles. The molecule has 2 aliphatic rings. The normalized spacial score (nSPS) is 17.9. The van der Waals surface area contributed by atoms with Crippen molar-refractivity contribution in [2.45, 2.75) is 96.1 Å². The minimum atomic E-state index is -0.530. The molecule has 0 radical (unpaired) electrons. The van der Waals surface area contributed by atoms with Crippen LogP contribution in [0.25, 0.3) is 0 Å². The Bertz CT molecular complexity index is 791. The van der Waals surface area contributed by atoms with Crippen LogP contribution in [0.15, 0.2) is 29.3 Å². The van der Waals surface area contributed by atoms with Gasteiger partial charge in [0.25, 0.3) is 0 Å². The van der Waals surface area contributed by atoms with Gasteiger partial charge >= 0.3 is 5.97 Å². The Morgan fingerprint density at radius 2 is 1.72 bits per heavy atom. The maximum absolute atomic E-state index is 12.9. The summed E-state index contributed by atoms with van der Waals surface area (Å²) in [6.45, 7) is 13.0. The first-order valence-electron chi connectivity index (χ1n) is 12.3. The van der Waals surface area contributed by atoms with Crippen LogP contribution in [-0.4, -0.2) is 36.1 Å². The van der Waals surface area contributed by atoms with Gasteiger partial charge in [-0.25, -0.2) is 4.79 Å². The fourth-order valence-corrected chi connectivity index (χ4v) is 5.65. The molecule has 5 heteroatoms. The third kappa shape index (κ3) is 5.96. The van der Waals surface area contributed by atoms with E-state index < -0.39 is 5.60 Å². The van der Waals surface area contributed by atoms with Gasteiger partial charge in [0.05, 0.1) is 6.61 Å². The SMILES string of the molecule is C=CCCCCCCCCCOc1ccc(Br)c2c1C(=O)OC21CCN(C(C)(C)C)CC1. The fourth-order valence-electron chi connectivity index (χ4n) is 4.95. The molecule has 0 bridgehead atoms. The van der Waals surface area contributed by atoms with Crippen LogP contribution in [0.1, 0.15) is 101 Å². The number of benzene rings is 1. The lowest BCUT2D eigenvalue weighted by Crippen LogP contribution is -2.50. The summed E-state index contributed by atoms with van der Waals surface area (Å²) < 4.78 is 13.1. The number of carbonyl (C=O) groups is 1. The molecule has 1 saturated heterocycles. The van der Waals surface area contributed by atoms with Gasteiger partial charge in [0.1, 0.15) is 16.9 Å². The van der Waals surface area contributed by atoms with Crippen molar-refractivity contribution in [1.82, 2.24) is 4.90 Å². The maximum atomic E-state index is 12.9. The summed E-state index contributed by atoms with van der Waals surface area (Å²) in [7, 11) is 0. The lowest BCUT2D eigenvalue weighted by atomic mass is 9.82. The Labute approximate surface area is 202 Å². The highest BCUT2D eigenvalue weighted by molar-refractivity contribution is 9.10. The first kappa shape index (κ1) is 25.3. The highest BCUT2D eigenvalue weighted by atomic mass is 79.9. The number of hydrogen-bond donors (Lipinski definition) is 0. The summed E-state index contributed by atoms with van der Waals surface area (Å²) >= 11 is 3.70. The molecular formula is C27H40BrNO3. The monoisotopic (exact) mass is 505 g/mol. The Morgan fingerprint density at radius 1 is 1.09 bits per heavy atom. The van der Waals surface area contributed by atoms with E-state index in [1.165, 1.54) is 32.1 Å². The van der Waals surface area contributed by atoms with Crippen molar-refractivity contribution in [2.24, 2.45) is 0 Å². The molecule has 0 atom stereocenters. The third-order valence-electron chi connectivity index (χ3n) is 6.89. The number of allylic oxidation sites excluding steroid dienone is 1. The van der Waals surface area contributed by atoms with Gasteiger partial charge < -0.3 is 9.47 Å². The number of piperidine rings is 1. The second kappa shape index (κ2) is 11.2. The summed E-state index contributed by atoms with van der Waals surface area (Å²) in [5.41, 5.74) is 1.22. The number of nitrogens with zero attached hydrogens (tertiary/aromatic N) is 1. The first-order valence-corrected chi connectivity index (χ1v) is 13.1. The summed E-state index contributed by atoms with van der Waals surface area (Å²) in [4.78, 5) is 15.4. The van der Waals surface area contributed by atoms with E-state index in [1.807, 2.05) is 18.2 Å². The molecule has 1 aromatic rings. The summed E-state index contributed by atoms with van der Waals surface area (Å²) in [5.74, 6) is 0.438. The second-order valence-corrected chi connectivity index (χ2v) is 11.1. The molecule has 2 aliphatic heterocycles. The van der Waals surface area contributed by atoms with Crippen LogP contribution < -0.4 is 4.74 Å². The van der Waals surface area contributed by atoms with Gasteiger partial charge in [0.2, 0.25) is 0 Å². The molecule has 3 rings (SSSR count). The number of fused-ring (bicyclic) bond motifs is 2. The van der Waals surface area contributed by atoms with E-state index in [9.17, 15) is 4.79 Å². The highest BCUT2D eigenvalue weighted by Crippen LogP contribution is 2.50. The predicted molar refractivity (Wildman–Crippen MR) is 134 cm³/mol. The van der Waals surface area contributed by atoms with Gasteiger partial charge in [0, 0.05) is 41.5 Å². The number of carbonyl (C=O) groups excluding carboxylic acids is 1. The molecule has 1 fully saturated rings. The maximum Gasteiger partial charge on any atom is 0.343 e. The van der Waals surface area contributed by atoms with E-state index in [4.69, 9.17) is 9.47 Å². The second-order valence-electron chi connectivity index (χ2n) is 10.2. The van der Waals surface area contributed by atoms with Crippen molar-refractivity contribution in [3.63, 3.8) is 0 Å². The zero-order valence-corrected chi connectivity index (χ0v) is 21.8. The van der Waals surface area contributed by atoms with Crippen LogP contribution in [0.5, 0.6) is 5.75 Å². The van der Waals surface area contributed by atoms with Crippen LogP contribution in [0, 0.1) is 0 Å². The van der Waals surface area contributed by atoms with Crippen molar-refractivity contribution < 1.29 is 14.3 Å². The average molecular weight is 507 g/mol. The predicted octanol–water partition coefficient (Wildman–Crippen LogP) is 7.39. The molecule has 0 amide bonds. The molecule has 4 nitrogen and oxygen atoms in total. The fraction of sp³-hybridized carbons (Fsp3) is 0.667.